The topological polar surface area (TPSA) is 33.0 Å². The molecule has 0 bridgehead atoms. The quantitative estimate of drug-likeness (QED) is 0.784. The summed E-state index contributed by atoms with van der Waals surface area (Å²) >= 11 is 0. The van der Waals surface area contributed by atoms with Crippen molar-refractivity contribution in [2.24, 2.45) is 0 Å². The summed E-state index contributed by atoms with van der Waals surface area (Å²) in [7, 11) is 0. The van der Waals surface area contributed by atoms with Crippen LogP contribution in [-0.4, -0.2) is 54.3 Å². The van der Waals surface area contributed by atoms with Crippen LogP contribution < -0.4 is 4.90 Å². The molecule has 3 aliphatic rings. The number of aromatic nitrogens is 1. The Morgan fingerprint density at radius 2 is 1.64 bits per heavy atom. The molecule has 2 aliphatic heterocycles. The van der Waals surface area contributed by atoms with Crippen molar-refractivity contribution in [3.63, 3.8) is 0 Å². The SMILES string of the molecule is [C-]#[N+]c1ccc(N2CCC(OC3CCN(C4CCC4)CC3)CC2)nc1. The van der Waals surface area contributed by atoms with Gasteiger partial charge in [-0.05, 0) is 44.6 Å². The van der Waals surface area contributed by atoms with E-state index in [0.29, 0.717) is 17.9 Å². The Morgan fingerprint density at radius 3 is 2.16 bits per heavy atom. The Hall–Kier alpha value is -1.64. The maximum atomic E-state index is 7.01. The van der Waals surface area contributed by atoms with Gasteiger partial charge in [0.2, 0.25) is 5.69 Å². The molecular formula is C20H28N4O. The summed E-state index contributed by atoms with van der Waals surface area (Å²) in [6.07, 6.45) is 11.3. The summed E-state index contributed by atoms with van der Waals surface area (Å²) < 4.78 is 6.42. The smallest absolute Gasteiger partial charge is 0.205 e. The molecule has 1 aromatic heterocycles. The van der Waals surface area contributed by atoms with E-state index in [2.05, 4.69) is 19.6 Å². The highest BCUT2D eigenvalue weighted by atomic mass is 16.5. The van der Waals surface area contributed by atoms with Gasteiger partial charge in [-0.25, -0.2) is 4.85 Å². The first kappa shape index (κ1) is 16.8. The Labute approximate surface area is 150 Å². The fourth-order valence-corrected chi connectivity index (χ4v) is 4.25. The second-order valence-electron chi connectivity index (χ2n) is 7.63. The fraction of sp³-hybridized carbons (Fsp3) is 0.700. The van der Waals surface area contributed by atoms with Crippen LogP contribution in [0.15, 0.2) is 18.3 Å². The number of likely N-dealkylation sites (tertiary alicyclic amines) is 1. The first-order valence-corrected chi connectivity index (χ1v) is 9.80. The van der Waals surface area contributed by atoms with Gasteiger partial charge in [-0.2, -0.15) is 0 Å². The molecule has 0 radical (unpaired) electrons. The van der Waals surface area contributed by atoms with Crippen LogP contribution in [0.25, 0.3) is 4.85 Å². The predicted molar refractivity (Wildman–Crippen MR) is 99.1 cm³/mol. The van der Waals surface area contributed by atoms with Gasteiger partial charge >= 0.3 is 0 Å². The predicted octanol–water partition coefficient (Wildman–Crippen LogP) is 3.63. The molecule has 1 saturated carbocycles. The van der Waals surface area contributed by atoms with Gasteiger partial charge in [-0.15, -0.1) is 0 Å². The maximum Gasteiger partial charge on any atom is 0.205 e. The first-order valence-electron chi connectivity index (χ1n) is 9.80. The number of anilines is 1. The summed E-state index contributed by atoms with van der Waals surface area (Å²) in [5.41, 5.74) is 0.607. The summed E-state index contributed by atoms with van der Waals surface area (Å²) in [5.74, 6) is 0.986. The van der Waals surface area contributed by atoms with E-state index in [1.54, 1.807) is 6.20 Å². The van der Waals surface area contributed by atoms with Crippen LogP contribution in [0.1, 0.15) is 44.9 Å². The summed E-state index contributed by atoms with van der Waals surface area (Å²) in [6, 6.07) is 4.70. The molecule has 2 saturated heterocycles. The van der Waals surface area contributed by atoms with Crippen molar-refractivity contribution >= 4 is 11.5 Å². The summed E-state index contributed by atoms with van der Waals surface area (Å²) in [5, 5.41) is 0. The van der Waals surface area contributed by atoms with Crippen molar-refractivity contribution in [3.8, 4) is 0 Å². The minimum atomic E-state index is 0.402. The number of pyridine rings is 1. The lowest BCUT2D eigenvalue weighted by Gasteiger charge is -2.42. The Balaban J connectivity index is 1.20. The van der Waals surface area contributed by atoms with Gasteiger partial charge in [-0.1, -0.05) is 12.5 Å². The van der Waals surface area contributed by atoms with E-state index < -0.39 is 0 Å². The largest absolute Gasteiger partial charge is 0.375 e. The Kier molecular flexibility index (Phi) is 5.19. The number of nitrogens with zero attached hydrogens (tertiary/aromatic N) is 4. The van der Waals surface area contributed by atoms with Crippen molar-refractivity contribution < 1.29 is 4.74 Å². The third kappa shape index (κ3) is 3.96. The zero-order chi connectivity index (χ0) is 17.1. The zero-order valence-corrected chi connectivity index (χ0v) is 14.9. The molecule has 3 heterocycles. The molecule has 0 unspecified atom stereocenters. The Bertz CT molecular complexity index is 591. The van der Waals surface area contributed by atoms with E-state index in [4.69, 9.17) is 11.3 Å². The minimum Gasteiger partial charge on any atom is -0.375 e. The molecule has 25 heavy (non-hydrogen) atoms. The molecule has 0 amide bonds. The second-order valence-corrected chi connectivity index (χ2v) is 7.63. The van der Waals surface area contributed by atoms with Crippen LogP contribution in [0.4, 0.5) is 11.5 Å². The summed E-state index contributed by atoms with van der Waals surface area (Å²) in [4.78, 5) is 12.8. The molecule has 5 nitrogen and oxygen atoms in total. The number of hydrogen-bond donors (Lipinski definition) is 0. The van der Waals surface area contributed by atoms with Crippen molar-refractivity contribution in [1.29, 1.82) is 0 Å². The molecule has 0 spiro atoms. The number of rotatable bonds is 4. The van der Waals surface area contributed by atoms with E-state index >= 15 is 0 Å². The van der Waals surface area contributed by atoms with E-state index in [-0.39, 0.29) is 0 Å². The van der Waals surface area contributed by atoms with Gasteiger partial charge < -0.3 is 14.5 Å². The molecule has 3 fully saturated rings. The fourth-order valence-electron chi connectivity index (χ4n) is 4.25. The normalized spacial score (nSPS) is 24.0. The molecule has 0 N–H and O–H groups in total. The molecule has 1 aliphatic carbocycles. The first-order chi connectivity index (χ1) is 12.3. The van der Waals surface area contributed by atoms with Crippen LogP contribution in [0, 0.1) is 6.57 Å². The van der Waals surface area contributed by atoms with Crippen LogP contribution in [0.5, 0.6) is 0 Å². The molecule has 5 heteroatoms. The Morgan fingerprint density at radius 1 is 0.960 bits per heavy atom. The van der Waals surface area contributed by atoms with Crippen LogP contribution in [0.2, 0.25) is 0 Å². The van der Waals surface area contributed by atoms with Crippen LogP contribution in [-0.2, 0) is 4.74 Å². The third-order valence-corrected chi connectivity index (χ3v) is 6.08. The standard InChI is InChI=1S/C20H28N4O/c1-21-16-5-6-20(22-15-16)24-13-9-19(10-14-24)25-18-7-11-23(12-8-18)17-3-2-4-17/h5-6,15,17-19H,2-4,7-14H2. The lowest BCUT2D eigenvalue weighted by atomic mass is 9.89. The van der Waals surface area contributed by atoms with E-state index in [1.165, 1.54) is 45.2 Å². The maximum absolute atomic E-state index is 7.01. The van der Waals surface area contributed by atoms with Crippen LogP contribution in [0.3, 0.4) is 0 Å². The third-order valence-electron chi connectivity index (χ3n) is 6.08. The highest BCUT2D eigenvalue weighted by molar-refractivity contribution is 5.49. The molecule has 0 atom stereocenters. The second kappa shape index (κ2) is 7.72. The van der Waals surface area contributed by atoms with E-state index in [9.17, 15) is 0 Å². The average Bonchev–Trinajstić information content (AvgIpc) is 2.63. The molecule has 134 valence electrons. The van der Waals surface area contributed by atoms with Gasteiger partial charge in [-0.3, -0.25) is 4.98 Å². The number of ether oxygens (including phenoxy) is 1. The van der Waals surface area contributed by atoms with Crippen molar-refractivity contribution in [2.45, 2.75) is 63.2 Å². The minimum absolute atomic E-state index is 0.402. The van der Waals surface area contributed by atoms with Gasteiger partial charge in [0.25, 0.3) is 0 Å². The number of piperidine rings is 2. The number of hydrogen-bond acceptors (Lipinski definition) is 4. The molecular weight excluding hydrogens is 312 g/mol. The van der Waals surface area contributed by atoms with Crippen LogP contribution >= 0.6 is 0 Å². The molecule has 0 aromatic carbocycles. The lowest BCUT2D eigenvalue weighted by Crippen LogP contribution is -2.47. The highest BCUT2D eigenvalue weighted by Crippen LogP contribution is 2.29. The lowest BCUT2D eigenvalue weighted by molar-refractivity contribution is -0.0598. The monoisotopic (exact) mass is 340 g/mol. The molecule has 1 aromatic rings. The highest BCUT2D eigenvalue weighted by Gasteiger charge is 2.30. The van der Waals surface area contributed by atoms with Crippen molar-refractivity contribution in [3.05, 3.63) is 29.7 Å². The van der Waals surface area contributed by atoms with Gasteiger partial charge in [0.05, 0.1) is 18.8 Å². The molecule has 4 rings (SSSR count). The van der Waals surface area contributed by atoms with Gasteiger partial charge in [0, 0.05) is 38.4 Å². The van der Waals surface area contributed by atoms with Crippen molar-refractivity contribution in [2.75, 3.05) is 31.1 Å². The average molecular weight is 340 g/mol. The summed E-state index contributed by atoms with van der Waals surface area (Å²) in [6.45, 7) is 11.5. The zero-order valence-electron chi connectivity index (χ0n) is 14.9. The van der Waals surface area contributed by atoms with E-state index in [1.807, 2.05) is 12.1 Å². The van der Waals surface area contributed by atoms with Gasteiger partial charge in [0.15, 0.2) is 0 Å². The van der Waals surface area contributed by atoms with E-state index in [0.717, 1.165) is 37.8 Å². The van der Waals surface area contributed by atoms with Gasteiger partial charge in [0.1, 0.15) is 5.82 Å². The van der Waals surface area contributed by atoms with Crippen molar-refractivity contribution in [1.82, 2.24) is 9.88 Å².